The van der Waals surface area contributed by atoms with Gasteiger partial charge in [0.05, 0.1) is 6.61 Å². The first-order chi connectivity index (χ1) is 7.22. The molecule has 0 saturated heterocycles. The Morgan fingerprint density at radius 3 is 2.67 bits per heavy atom. The van der Waals surface area contributed by atoms with Crippen LogP contribution in [0, 0.1) is 0 Å². The van der Waals surface area contributed by atoms with E-state index in [0.29, 0.717) is 13.1 Å². The van der Waals surface area contributed by atoms with E-state index in [1.165, 1.54) is 0 Å². The number of benzene rings is 1. The van der Waals surface area contributed by atoms with Crippen molar-refractivity contribution in [1.29, 1.82) is 0 Å². The van der Waals surface area contributed by atoms with Crippen molar-refractivity contribution in [3.63, 3.8) is 0 Å². The molecule has 0 atom stereocenters. The van der Waals surface area contributed by atoms with Gasteiger partial charge in [0, 0.05) is 31.0 Å². The lowest BCUT2D eigenvalue weighted by Gasteiger charge is -2.22. The molecular weight excluding hydrogens is 190 g/mol. The van der Waals surface area contributed by atoms with Crippen molar-refractivity contribution in [2.75, 3.05) is 30.3 Å². The monoisotopic (exact) mass is 209 g/mol. The second kappa shape index (κ2) is 5.58. The Kier molecular flexibility index (Phi) is 4.39. The largest absolute Gasteiger partial charge is 0.398 e. The first kappa shape index (κ1) is 11.8. The van der Waals surface area contributed by atoms with Crippen LogP contribution in [0.15, 0.2) is 18.2 Å². The van der Waals surface area contributed by atoms with Gasteiger partial charge >= 0.3 is 0 Å². The summed E-state index contributed by atoms with van der Waals surface area (Å²) < 4.78 is 0. The SMILES string of the molecule is CCN(CCO)c1ccc(N)c(CN)c1. The zero-order chi connectivity index (χ0) is 11.3. The van der Waals surface area contributed by atoms with Gasteiger partial charge in [-0.05, 0) is 30.7 Å². The average Bonchev–Trinajstić information content (AvgIpc) is 2.27. The van der Waals surface area contributed by atoms with Crippen LogP contribution in [0.2, 0.25) is 0 Å². The second-order valence-electron chi connectivity index (χ2n) is 3.39. The Balaban J connectivity index is 2.92. The summed E-state index contributed by atoms with van der Waals surface area (Å²) >= 11 is 0. The zero-order valence-corrected chi connectivity index (χ0v) is 9.11. The molecule has 0 saturated carbocycles. The van der Waals surface area contributed by atoms with Crippen LogP contribution < -0.4 is 16.4 Å². The molecule has 0 radical (unpaired) electrons. The predicted molar refractivity (Wildman–Crippen MR) is 63.7 cm³/mol. The van der Waals surface area contributed by atoms with Gasteiger partial charge in [0.1, 0.15) is 0 Å². The molecule has 0 amide bonds. The molecule has 1 aromatic carbocycles. The Hall–Kier alpha value is -1.26. The molecular formula is C11H19N3O. The summed E-state index contributed by atoms with van der Waals surface area (Å²) in [6.07, 6.45) is 0. The number of aliphatic hydroxyl groups is 1. The fourth-order valence-electron chi connectivity index (χ4n) is 1.56. The lowest BCUT2D eigenvalue weighted by atomic mass is 10.1. The molecule has 0 bridgehead atoms. The summed E-state index contributed by atoms with van der Waals surface area (Å²) in [6, 6.07) is 5.79. The molecule has 5 N–H and O–H groups in total. The maximum atomic E-state index is 8.92. The Morgan fingerprint density at radius 2 is 2.13 bits per heavy atom. The second-order valence-corrected chi connectivity index (χ2v) is 3.39. The number of likely N-dealkylation sites (N-methyl/N-ethyl adjacent to an activating group) is 1. The number of anilines is 2. The van der Waals surface area contributed by atoms with Gasteiger partial charge in [-0.15, -0.1) is 0 Å². The van der Waals surface area contributed by atoms with E-state index in [4.69, 9.17) is 16.6 Å². The highest BCUT2D eigenvalue weighted by molar-refractivity contribution is 5.58. The topological polar surface area (TPSA) is 75.5 Å². The number of nitrogen functional groups attached to an aromatic ring is 1. The molecule has 4 heteroatoms. The summed E-state index contributed by atoms with van der Waals surface area (Å²) in [7, 11) is 0. The number of aliphatic hydroxyl groups excluding tert-OH is 1. The molecule has 0 spiro atoms. The first-order valence-corrected chi connectivity index (χ1v) is 5.17. The van der Waals surface area contributed by atoms with Crippen LogP contribution in [0.3, 0.4) is 0 Å². The van der Waals surface area contributed by atoms with Crippen LogP contribution in [0.25, 0.3) is 0 Å². The van der Waals surface area contributed by atoms with Gasteiger partial charge < -0.3 is 21.5 Å². The minimum absolute atomic E-state index is 0.149. The molecule has 1 aromatic rings. The lowest BCUT2D eigenvalue weighted by molar-refractivity contribution is 0.302. The summed E-state index contributed by atoms with van der Waals surface area (Å²) in [5.74, 6) is 0. The van der Waals surface area contributed by atoms with Crippen LogP contribution in [0.1, 0.15) is 12.5 Å². The van der Waals surface area contributed by atoms with Gasteiger partial charge in [0.15, 0.2) is 0 Å². The predicted octanol–water partition coefficient (Wildman–Crippen LogP) is 0.546. The summed E-state index contributed by atoms with van der Waals surface area (Å²) in [5.41, 5.74) is 14.1. The molecule has 4 nitrogen and oxygen atoms in total. The Morgan fingerprint density at radius 1 is 1.40 bits per heavy atom. The van der Waals surface area contributed by atoms with Crippen molar-refractivity contribution in [3.8, 4) is 0 Å². The van der Waals surface area contributed by atoms with Crippen molar-refractivity contribution in [2.24, 2.45) is 5.73 Å². The maximum absolute atomic E-state index is 8.92. The zero-order valence-electron chi connectivity index (χ0n) is 9.11. The first-order valence-electron chi connectivity index (χ1n) is 5.17. The van der Waals surface area contributed by atoms with Crippen LogP contribution in [0.5, 0.6) is 0 Å². The van der Waals surface area contributed by atoms with Gasteiger partial charge in [-0.2, -0.15) is 0 Å². The Labute approximate surface area is 90.5 Å². The van der Waals surface area contributed by atoms with Crippen molar-refractivity contribution >= 4 is 11.4 Å². The van der Waals surface area contributed by atoms with E-state index in [1.54, 1.807) is 0 Å². The fraction of sp³-hybridized carbons (Fsp3) is 0.455. The Bertz CT molecular complexity index is 315. The highest BCUT2D eigenvalue weighted by atomic mass is 16.3. The van der Waals surface area contributed by atoms with Crippen LogP contribution >= 0.6 is 0 Å². The molecule has 0 aliphatic carbocycles. The third-order valence-electron chi connectivity index (χ3n) is 2.46. The van der Waals surface area contributed by atoms with Crippen molar-refractivity contribution in [3.05, 3.63) is 23.8 Å². The quantitative estimate of drug-likeness (QED) is 0.619. The van der Waals surface area contributed by atoms with E-state index in [1.807, 2.05) is 25.1 Å². The normalized spacial score (nSPS) is 10.3. The average molecular weight is 209 g/mol. The third-order valence-corrected chi connectivity index (χ3v) is 2.46. The number of hydrogen-bond acceptors (Lipinski definition) is 4. The summed E-state index contributed by atoms with van der Waals surface area (Å²) in [6.45, 7) is 4.12. The van der Waals surface area contributed by atoms with Crippen molar-refractivity contribution in [2.45, 2.75) is 13.5 Å². The van der Waals surface area contributed by atoms with Crippen molar-refractivity contribution in [1.82, 2.24) is 0 Å². The van der Waals surface area contributed by atoms with E-state index < -0.39 is 0 Å². The number of rotatable bonds is 5. The van der Waals surface area contributed by atoms with Gasteiger partial charge in [-0.3, -0.25) is 0 Å². The number of nitrogens with zero attached hydrogens (tertiary/aromatic N) is 1. The van der Waals surface area contributed by atoms with E-state index in [9.17, 15) is 0 Å². The number of hydrogen-bond donors (Lipinski definition) is 3. The molecule has 0 aliphatic rings. The van der Waals surface area contributed by atoms with Gasteiger partial charge in [0.2, 0.25) is 0 Å². The standard InChI is InChI=1S/C11H19N3O/c1-2-14(5-6-15)10-3-4-11(13)9(7-10)8-12/h3-4,7,15H,2,5-6,8,12-13H2,1H3. The van der Waals surface area contributed by atoms with Crippen LogP contribution in [-0.2, 0) is 6.54 Å². The highest BCUT2D eigenvalue weighted by Gasteiger charge is 2.05. The van der Waals surface area contributed by atoms with E-state index in [0.717, 1.165) is 23.5 Å². The molecule has 0 heterocycles. The van der Waals surface area contributed by atoms with Gasteiger partial charge in [0.25, 0.3) is 0 Å². The highest BCUT2D eigenvalue weighted by Crippen LogP contribution is 2.20. The van der Waals surface area contributed by atoms with Crippen LogP contribution in [0.4, 0.5) is 11.4 Å². The fourth-order valence-corrected chi connectivity index (χ4v) is 1.56. The molecule has 1 rings (SSSR count). The molecule has 0 fully saturated rings. The van der Waals surface area contributed by atoms with E-state index >= 15 is 0 Å². The molecule has 0 aliphatic heterocycles. The van der Waals surface area contributed by atoms with Gasteiger partial charge in [-0.25, -0.2) is 0 Å². The number of nitrogens with two attached hydrogens (primary N) is 2. The minimum Gasteiger partial charge on any atom is -0.398 e. The molecule has 84 valence electrons. The molecule has 15 heavy (non-hydrogen) atoms. The summed E-state index contributed by atoms with van der Waals surface area (Å²) in [4.78, 5) is 2.08. The van der Waals surface area contributed by atoms with Gasteiger partial charge in [-0.1, -0.05) is 0 Å². The van der Waals surface area contributed by atoms with Crippen molar-refractivity contribution < 1.29 is 5.11 Å². The molecule has 0 unspecified atom stereocenters. The summed E-state index contributed by atoms with van der Waals surface area (Å²) in [5, 5.41) is 8.92. The third kappa shape index (κ3) is 2.84. The maximum Gasteiger partial charge on any atom is 0.0606 e. The van der Waals surface area contributed by atoms with E-state index in [2.05, 4.69) is 4.90 Å². The van der Waals surface area contributed by atoms with Crippen LogP contribution in [-0.4, -0.2) is 24.8 Å². The molecule has 0 aromatic heterocycles. The van der Waals surface area contributed by atoms with E-state index in [-0.39, 0.29) is 6.61 Å². The lowest BCUT2D eigenvalue weighted by Crippen LogP contribution is -2.26. The minimum atomic E-state index is 0.149. The smallest absolute Gasteiger partial charge is 0.0606 e.